The van der Waals surface area contributed by atoms with Gasteiger partial charge in [-0.1, -0.05) is 11.6 Å². The number of aromatic nitrogens is 2. The summed E-state index contributed by atoms with van der Waals surface area (Å²) in [7, 11) is -2.36. The van der Waals surface area contributed by atoms with Gasteiger partial charge in [-0.05, 0) is 25.1 Å². The lowest BCUT2D eigenvalue weighted by Crippen LogP contribution is -2.50. The number of rotatable bonds is 3. The normalized spacial score (nSPS) is 16.0. The highest BCUT2D eigenvalue weighted by Crippen LogP contribution is 2.23. The molecular formula is C16H17ClF2N4O3S. The fourth-order valence-electron chi connectivity index (χ4n) is 2.95. The third-order valence-electron chi connectivity index (χ3n) is 4.42. The SMILES string of the molecule is Cc1nn(C)c(Cl)c1C(=O)N1CCN(S(=O)(=O)c2ccc(F)c(F)c2)CC1. The maximum Gasteiger partial charge on any atom is 0.258 e. The third-order valence-corrected chi connectivity index (χ3v) is 6.75. The minimum Gasteiger partial charge on any atom is -0.336 e. The van der Waals surface area contributed by atoms with Crippen molar-refractivity contribution in [2.75, 3.05) is 26.2 Å². The van der Waals surface area contributed by atoms with E-state index in [0.29, 0.717) is 11.8 Å². The van der Waals surface area contributed by atoms with E-state index in [2.05, 4.69) is 5.10 Å². The van der Waals surface area contributed by atoms with Gasteiger partial charge >= 0.3 is 0 Å². The van der Waals surface area contributed by atoms with Gasteiger partial charge in [-0.15, -0.1) is 0 Å². The molecule has 0 aliphatic carbocycles. The Kier molecular flexibility index (Phi) is 5.24. The van der Waals surface area contributed by atoms with Crippen LogP contribution in [0.15, 0.2) is 23.1 Å². The van der Waals surface area contributed by atoms with Crippen molar-refractivity contribution in [1.29, 1.82) is 0 Å². The van der Waals surface area contributed by atoms with Gasteiger partial charge in [0.15, 0.2) is 11.6 Å². The van der Waals surface area contributed by atoms with Crippen LogP contribution < -0.4 is 0 Å². The van der Waals surface area contributed by atoms with Crippen LogP contribution in [0, 0.1) is 18.6 Å². The monoisotopic (exact) mass is 418 g/mol. The number of benzene rings is 1. The molecule has 2 heterocycles. The highest BCUT2D eigenvalue weighted by Gasteiger charge is 2.32. The first-order valence-corrected chi connectivity index (χ1v) is 9.88. The van der Waals surface area contributed by atoms with Gasteiger partial charge in [0.1, 0.15) is 5.15 Å². The molecule has 1 aliphatic rings. The van der Waals surface area contributed by atoms with Gasteiger partial charge in [0.25, 0.3) is 5.91 Å². The minimum absolute atomic E-state index is 0.0317. The lowest BCUT2D eigenvalue weighted by Gasteiger charge is -2.34. The second-order valence-electron chi connectivity index (χ2n) is 6.15. The van der Waals surface area contributed by atoms with Crippen molar-refractivity contribution in [1.82, 2.24) is 19.0 Å². The summed E-state index contributed by atoms with van der Waals surface area (Å²) in [6.07, 6.45) is 0. The average molecular weight is 419 g/mol. The van der Waals surface area contributed by atoms with Crippen LogP contribution in [0.25, 0.3) is 0 Å². The summed E-state index contributed by atoms with van der Waals surface area (Å²) >= 11 is 6.12. The van der Waals surface area contributed by atoms with Gasteiger partial charge in [-0.25, -0.2) is 17.2 Å². The number of hydrogen-bond acceptors (Lipinski definition) is 4. The van der Waals surface area contributed by atoms with Crippen LogP contribution in [0.3, 0.4) is 0 Å². The molecular weight excluding hydrogens is 402 g/mol. The van der Waals surface area contributed by atoms with E-state index < -0.39 is 21.7 Å². The summed E-state index contributed by atoms with van der Waals surface area (Å²) in [4.78, 5) is 13.9. The molecule has 0 unspecified atom stereocenters. The molecule has 0 N–H and O–H groups in total. The molecule has 1 aliphatic heterocycles. The van der Waals surface area contributed by atoms with Crippen LogP contribution in [0.2, 0.25) is 5.15 Å². The third kappa shape index (κ3) is 3.56. The van der Waals surface area contributed by atoms with Crippen molar-refractivity contribution < 1.29 is 22.0 Å². The Hall–Kier alpha value is -2.04. The number of carbonyl (C=O) groups is 1. The Morgan fingerprint density at radius 3 is 2.30 bits per heavy atom. The molecule has 3 rings (SSSR count). The van der Waals surface area contributed by atoms with Crippen molar-refractivity contribution in [3.8, 4) is 0 Å². The van der Waals surface area contributed by atoms with E-state index in [1.54, 1.807) is 14.0 Å². The predicted molar refractivity (Wildman–Crippen MR) is 94.0 cm³/mol. The minimum atomic E-state index is -3.98. The maximum atomic E-state index is 13.4. The van der Waals surface area contributed by atoms with E-state index in [4.69, 9.17) is 11.6 Å². The van der Waals surface area contributed by atoms with Crippen LogP contribution in [-0.2, 0) is 17.1 Å². The van der Waals surface area contributed by atoms with Crippen LogP contribution in [0.4, 0.5) is 8.78 Å². The Labute approximate surface area is 160 Å². The largest absolute Gasteiger partial charge is 0.336 e. The van der Waals surface area contributed by atoms with Gasteiger partial charge in [-0.2, -0.15) is 9.40 Å². The summed E-state index contributed by atoms with van der Waals surface area (Å²) in [6.45, 7) is 2.02. The molecule has 27 heavy (non-hydrogen) atoms. The standard InChI is InChI=1S/C16H17ClF2N4O3S/c1-10-14(15(17)21(2)20-10)16(24)22-5-7-23(8-6-22)27(25,26)11-3-4-12(18)13(19)9-11/h3-4,9H,5-8H2,1-2H3. The van der Waals surface area contributed by atoms with E-state index in [1.807, 2.05) is 0 Å². The molecule has 1 saturated heterocycles. The predicted octanol–water partition coefficient (Wildman–Crippen LogP) is 1.81. The molecule has 0 bridgehead atoms. The zero-order valence-electron chi connectivity index (χ0n) is 14.6. The summed E-state index contributed by atoms with van der Waals surface area (Å²) < 4.78 is 54.2. The number of halogens is 3. The van der Waals surface area contributed by atoms with Crippen LogP contribution >= 0.6 is 11.6 Å². The molecule has 11 heteroatoms. The molecule has 1 aromatic heterocycles. The fraction of sp³-hybridized carbons (Fsp3) is 0.375. The second kappa shape index (κ2) is 7.17. The molecule has 1 fully saturated rings. The molecule has 0 radical (unpaired) electrons. The molecule has 1 aromatic carbocycles. The first kappa shape index (κ1) is 19.7. The Morgan fingerprint density at radius 2 is 1.78 bits per heavy atom. The first-order chi connectivity index (χ1) is 12.6. The lowest BCUT2D eigenvalue weighted by molar-refractivity contribution is 0.0697. The number of amides is 1. The number of nitrogens with zero attached hydrogens (tertiary/aromatic N) is 4. The second-order valence-corrected chi connectivity index (χ2v) is 8.44. The average Bonchev–Trinajstić information content (AvgIpc) is 2.89. The highest BCUT2D eigenvalue weighted by atomic mass is 35.5. The molecule has 1 amide bonds. The Balaban J connectivity index is 1.74. The van der Waals surface area contributed by atoms with Crippen molar-refractivity contribution in [2.45, 2.75) is 11.8 Å². The number of piperazine rings is 1. The molecule has 146 valence electrons. The summed E-state index contributed by atoms with van der Waals surface area (Å²) in [5, 5.41) is 4.32. The molecule has 7 nitrogen and oxygen atoms in total. The number of sulfonamides is 1. The van der Waals surface area contributed by atoms with Gasteiger partial charge in [0, 0.05) is 33.2 Å². The Morgan fingerprint density at radius 1 is 1.15 bits per heavy atom. The van der Waals surface area contributed by atoms with Crippen molar-refractivity contribution in [3.63, 3.8) is 0 Å². The van der Waals surface area contributed by atoms with E-state index in [9.17, 15) is 22.0 Å². The van der Waals surface area contributed by atoms with Crippen molar-refractivity contribution in [3.05, 3.63) is 46.2 Å². The molecule has 0 saturated carbocycles. The van der Waals surface area contributed by atoms with Gasteiger partial charge < -0.3 is 4.90 Å². The zero-order chi connectivity index (χ0) is 19.9. The summed E-state index contributed by atoms with van der Waals surface area (Å²) in [5.41, 5.74) is 0.778. The lowest BCUT2D eigenvalue weighted by atomic mass is 10.2. The topological polar surface area (TPSA) is 75.5 Å². The van der Waals surface area contributed by atoms with Crippen molar-refractivity contribution >= 4 is 27.5 Å². The van der Waals surface area contributed by atoms with Gasteiger partial charge in [0.2, 0.25) is 10.0 Å². The highest BCUT2D eigenvalue weighted by molar-refractivity contribution is 7.89. The van der Waals surface area contributed by atoms with Gasteiger partial charge in [0.05, 0.1) is 16.2 Å². The summed E-state index contributed by atoms with van der Waals surface area (Å²) in [6, 6.07) is 2.44. The van der Waals surface area contributed by atoms with E-state index >= 15 is 0 Å². The zero-order valence-corrected chi connectivity index (χ0v) is 16.2. The van der Waals surface area contributed by atoms with Gasteiger partial charge in [-0.3, -0.25) is 9.48 Å². The number of hydrogen-bond donors (Lipinski definition) is 0. The van der Waals surface area contributed by atoms with Crippen LogP contribution in [-0.4, -0.2) is 59.5 Å². The van der Waals surface area contributed by atoms with Crippen molar-refractivity contribution in [2.24, 2.45) is 7.05 Å². The Bertz CT molecular complexity index is 1000. The fourth-order valence-corrected chi connectivity index (χ4v) is 4.64. The molecule has 0 atom stereocenters. The smallest absolute Gasteiger partial charge is 0.258 e. The number of carbonyl (C=O) groups excluding carboxylic acids is 1. The molecule has 2 aromatic rings. The maximum absolute atomic E-state index is 13.4. The number of aryl methyl sites for hydroxylation is 2. The van der Waals surface area contributed by atoms with E-state index in [0.717, 1.165) is 16.4 Å². The van der Waals surface area contributed by atoms with Crippen LogP contribution in [0.1, 0.15) is 16.1 Å². The quantitative estimate of drug-likeness (QED) is 0.761. The first-order valence-electron chi connectivity index (χ1n) is 8.06. The molecule has 0 spiro atoms. The van der Waals surface area contributed by atoms with E-state index in [-0.39, 0.29) is 47.7 Å². The summed E-state index contributed by atoms with van der Waals surface area (Å²) in [5.74, 6) is -2.67. The van der Waals surface area contributed by atoms with E-state index in [1.165, 1.54) is 9.58 Å². The van der Waals surface area contributed by atoms with Crippen LogP contribution in [0.5, 0.6) is 0 Å².